The first-order chi connectivity index (χ1) is 12.1. The first-order valence-electron chi connectivity index (χ1n) is 8.64. The van der Waals surface area contributed by atoms with E-state index in [1.54, 1.807) is 12.1 Å². The molecule has 0 aromatic heterocycles. The number of fused-ring (bicyclic) bond motifs is 1. The lowest BCUT2D eigenvalue weighted by atomic mass is 9.56. The lowest BCUT2D eigenvalue weighted by Gasteiger charge is -2.43. The molecule has 2 bridgehead atoms. The molecule has 2 aromatic carbocycles. The van der Waals surface area contributed by atoms with Gasteiger partial charge in [0.15, 0.2) is 0 Å². The molecule has 124 valence electrons. The molecule has 2 fully saturated rings. The minimum Gasteiger partial charge on any atom is -0.299 e. The van der Waals surface area contributed by atoms with Crippen molar-refractivity contribution in [3.05, 3.63) is 65.2 Å². The first kappa shape index (κ1) is 14.6. The number of carbonyl (C=O) groups excluding carboxylic acids is 3. The van der Waals surface area contributed by atoms with Crippen LogP contribution in [0.4, 0.5) is 5.69 Å². The molecule has 1 heterocycles. The second-order valence-electron chi connectivity index (χ2n) is 7.28. The monoisotopic (exact) mass is 331 g/mol. The molecule has 6 rings (SSSR count). The Morgan fingerprint density at radius 1 is 0.840 bits per heavy atom. The zero-order valence-electron chi connectivity index (χ0n) is 13.8. The number of amides is 2. The number of imide groups is 1. The van der Waals surface area contributed by atoms with Crippen LogP contribution in [-0.2, 0) is 14.4 Å². The molecule has 4 aliphatic rings. The van der Waals surface area contributed by atoms with E-state index in [9.17, 15) is 14.4 Å². The fraction of sp³-hybridized carbons (Fsp3) is 0.286. The molecule has 0 unspecified atom stereocenters. The second kappa shape index (κ2) is 4.88. The summed E-state index contributed by atoms with van der Waals surface area (Å²) < 4.78 is 0. The van der Waals surface area contributed by atoms with Crippen LogP contribution in [0.1, 0.15) is 34.9 Å². The van der Waals surface area contributed by atoms with Crippen LogP contribution in [0.5, 0.6) is 0 Å². The van der Waals surface area contributed by atoms with Crippen molar-refractivity contribution in [2.45, 2.75) is 25.2 Å². The molecule has 0 radical (unpaired) electrons. The van der Waals surface area contributed by atoms with Gasteiger partial charge in [-0.2, -0.15) is 0 Å². The van der Waals surface area contributed by atoms with Crippen LogP contribution in [0.2, 0.25) is 0 Å². The van der Waals surface area contributed by atoms with Gasteiger partial charge in [0.25, 0.3) is 0 Å². The van der Waals surface area contributed by atoms with E-state index in [1.807, 2.05) is 43.3 Å². The molecule has 0 N–H and O–H groups in total. The summed E-state index contributed by atoms with van der Waals surface area (Å²) in [5.41, 5.74) is 3.69. The van der Waals surface area contributed by atoms with Crippen LogP contribution >= 0.6 is 0 Å². The Bertz CT molecular complexity index is 930. The van der Waals surface area contributed by atoms with E-state index >= 15 is 0 Å². The number of nitrogens with zero attached hydrogens (tertiary/aromatic N) is 1. The van der Waals surface area contributed by atoms with Crippen LogP contribution in [0, 0.1) is 18.8 Å². The molecule has 4 nitrogen and oxygen atoms in total. The number of ketones is 1. The summed E-state index contributed by atoms with van der Waals surface area (Å²) in [7, 11) is 0. The van der Waals surface area contributed by atoms with Crippen molar-refractivity contribution < 1.29 is 14.4 Å². The van der Waals surface area contributed by atoms with E-state index in [4.69, 9.17) is 0 Å². The van der Waals surface area contributed by atoms with E-state index in [2.05, 4.69) is 0 Å². The fourth-order valence-electron chi connectivity index (χ4n) is 4.91. The number of rotatable bonds is 1. The predicted octanol–water partition coefficient (Wildman–Crippen LogP) is 2.95. The quantitative estimate of drug-likeness (QED) is 0.755. The molecular formula is C21H17NO3. The maximum Gasteiger partial charge on any atom is 0.238 e. The number of benzene rings is 2. The minimum atomic E-state index is -0.546. The topological polar surface area (TPSA) is 54.5 Å². The normalized spacial score (nSPS) is 29.8. The average Bonchev–Trinajstić information content (AvgIpc) is 2.88. The van der Waals surface area contributed by atoms with Crippen LogP contribution in [-0.4, -0.2) is 17.6 Å². The smallest absolute Gasteiger partial charge is 0.238 e. The second-order valence-corrected chi connectivity index (χ2v) is 7.28. The Balaban J connectivity index is 1.65. The van der Waals surface area contributed by atoms with Gasteiger partial charge in [0, 0.05) is 12.3 Å². The molecule has 0 spiro atoms. The highest BCUT2D eigenvalue weighted by Crippen LogP contribution is 2.57. The van der Waals surface area contributed by atoms with Gasteiger partial charge in [0.05, 0.1) is 23.4 Å². The highest BCUT2D eigenvalue weighted by atomic mass is 16.2. The van der Waals surface area contributed by atoms with Gasteiger partial charge in [-0.3, -0.25) is 19.3 Å². The van der Waals surface area contributed by atoms with Gasteiger partial charge in [-0.1, -0.05) is 42.0 Å². The van der Waals surface area contributed by atoms with Gasteiger partial charge in [-0.05, 0) is 30.2 Å². The van der Waals surface area contributed by atoms with E-state index in [0.717, 1.165) is 16.7 Å². The Morgan fingerprint density at radius 2 is 1.48 bits per heavy atom. The molecule has 25 heavy (non-hydrogen) atoms. The molecule has 2 aromatic rings. The van der Waals surface area contributed by atoms with Gasteiger partial charge in [-0.15, -0.1) is 0 Å². The zero-order valence-corrected chi connectivity index (χ0v) is 13.8. The number of aryl methyl sites for hydroxylation is 1. The average molecular weight is 331 g/mol. The summed E-state index contributed by atoms with van der Waals surface area (Å²) in [6, 6.07) is 15.2. The van der Waals surface area contributed by atoms with Crippen molar-refractivity contribution in [1.82, 2.24) is 0 Å². The van der Waals surface area contributed by atoms with Gasteiger partial charge in [0.2, 0.25) is 11.8 Å². The summed E-state index contributed by atoms with van der Waals surface area (Å²) in [5.74, 6) is -1.89. The standard InChI is InChI=1S/C21H17NO3/c1-11-6-8-12(9-7-11)22-20(24)18-15-10-16(23)17(19(18)21(22)25)14-5-3-2-4-13(14)15/h2-9,15,17-19H,10H2,1H3/t15-,17-,18-,19+/m1/s1. The summed E-state index contributed by atoms with van der Waals surface area (Å²) in [4.78, 5) is 40.2. The fourth-order valence-corrected chi connectivity index (χ4v) is 4.91. The summed E-state index contributed by atoms with van der Waals surface area (Å²) in [6.45, 7) is 1.96. The van der Waals surface area contributed by atoms with Gasteiger partial charge in [0.1, 0.15) is 5.78 Å². The van der Waals surface area contributed by atoms with Crippen molar-refractivity contribution in [3.8, 4) is 0 Å². The van der Waals surface area contributed by atoms with E-state index < -0.39 is 17.8 Å². The van der Waals surface area contributed by atoms with Crippen molar-refractivity contribution >= 4 is 23.3 Å². The Hall–Kier alpha value is -2.75. The van der Waals surface area contributed by atoms with Gasteiger partial charge in [-0.25, -0.2) is 0 Å². The predicted molar refractivity (Wildman–Crippen MR) is 92.2 cm³/mol. The van der Waals surface area contributed by atoms with Crippen LogP contribution in [0.25, 0.3) is 0 Å². The third-order valence-electron chi connectivity index (χ3n) is 5.98. The minimum absolute atomic E-state index is 0.0943. The summed E-state index contributed by atoms with van der Waals surface area (Å²) >= 11 is 0. The highest BCUT2D eigenvalue weighted by molar-refractivity contribution is 6.24. The number of carbonyl (C=O) groups is 3. The highest BCUT2D eigenvalue weighted by Gasteiger charge is 2.62. The number of hydrogen-bond donors (Lipinski definition) is 0. The van der Waals surface area contributed by atoms with Gasteiger partial charge < -0.3 is 0 Å². The van der Waals surface area contributed by atoms with Crippen molar-refractivity contribution in [2.75, 3.05) is 4.90 Å². The molecule has 3 aliphatic carbocycles. The zero-order chi connectivity index (χ0) is 17.3. The van der Waals surface area contributed by atoms with E-state index in [1.165, 1.54) is 4.90 Å². The molecule has 1 aliphatic heterocycles. The number of hydrogen-bond acceptors (Lipinski definition) is 3. The third kappa shape index (κ3) is 1.79. The molecule has 1 saturated heterocycles. The van der Waals surface area contributed by atoms with Crippen LogP contribution < -0.4 is 4.90 Å². The van der Waals surface area contributed by atoms with Gasteiger partial charge >= 0.3 is 0 Å². The Kier molecular flexibility index (Phi) is 2.85. The lowest BCUT2D eigenvalue weighted by Crippen LogP contribution is -2.44. The maximum atomic E-state index is 13.1. The SMILES string of the molecule is Cc1ccc(N2C(=O)[C@@H]3[C@H](C2=O)[C@@H]2CC(=O)[C@H]3c3ccccc32)cc1. The number of Topliss-reactive ketones (excluding diaryl/α,β-unsaturated/α-hetero) is 1. The lowest BCUT2D eigenvalue weighted by molar-refractivity contribution is -0.134. The summed E-state index contributed by atoms with van der Waals surface area (Å²) in [6.07, 6.45) is 0.365. The Morgan fingerprint density at radius 3 is 2.20 bits per heavy atom. The van der Waals surface area contributed by atoms with Crippen molar-refractivity contribution in [1.29, 1.82) is 0 Å². The third-order valence-corrected chi connectivity index (χ3v) is 5.98. The number of anilines is 1. The largest absolute Gasteiger partial charge is 0.299 e. The summed E-state index contributed by atoms with van der Waals surface area (Å²) in [5, 5.41) is 0. The molecular weight excluding hydrogens is 314 g/mol. The van der Waals surface area contributed by atoms with Crippen molar-refractivity contribution in [3.63, 3.8) is 0 Å². The van der Waals surface area contributed by atoms with Crippen molar-refractivity contribution in [2.24, 2.45) is 11.8 Å². The van der Waals surface area contributed by atoms with E-state index in [-0.39, 0.29) is 23.5 Å². The Labute approximate surface area is 145 Å². The van der Waals surface area contributed by atoms with Crippen LogP contribution in [0.15, 0.2) is 48.5 Å². The molecule has 1 saturated carbocycles. The maximum absolute atomic E-state index is 13.1. The van der Waals surface area contributed by atoms with Crippen LogP contribution in [0.3, 0.4) is 0 Å². The molecule has 4 atom stereocenters. The molecule has 4 heteroatoms. The van der Waals surface area contributed by atoms with E-state index in [0.29, 0.717) is 12.1 Å². The molecule has 2 amide bonds. The first-order valence-corrected chi connectivity index (χ1v) is 8.64.